The van der Waals surface area contributed by atoms with Gasteiger partial charge in [-0.2, -0.15) is 5.26 Å². The van der Waals surface area contributed by atoms with Gasteiger partial charge < -0.3 is 20.0 Å². The lowest BCUT2D eigenvalue weighted by atomic mass is 10.1. The summed E-state index contributed by atoms with van der Waals surface area (Å²) in [6.45, 7) is 0.534. The van der Waals surface area contributed by atoms with E-state index in [1.165, 1.54) is 18.2 Å². The van der Waals surface area contributed by atoms with Crippen LogP contribution in [0.3, 0.4) is 0 Å². The van der Waals surface area contributed by atoms with Crippen LogP contribution in [-0.4, -0.2) is 11.9 Å². The van der Waals surface area contributed by atoms with E-state index in [0.29, 0.717) is 23.4 Å². The Labute approximate surface area is 180 Å². The summed E-state index contributed by atoms with van der Waals surface area (Å²) in [5.41, 5.74) is 2.42. The average molecular weight is 411 g/mol. The summed E-state index contributed by atoms with van der Waals surface area (Å²) in [6, 6.07) is 24.6. The molecule has 3 aromatic carbocycles. The topological polar surface area (TPSA) is 102 Å². The minimum atomic E-state index is -1.24. The summed E-state index contributed by atoms with van der Waals surface area (Å²) in [5, 5.41) is 23.0. The quantitative estimate of drug-likeness (QED) is 0.454. The van der Waals surface area contributed by atoms with E-state index in [-0.39, 0.29) is 17.7 Å². The number of nitrogens with zero attached hydrogens (tertiary/aromatic N) is 1. The van der Waals surface area contributed by atoms with Crippen LogP contribution in [-0.2, 0) is 17.9 Å². The van der Waals surface area contributed by atoms with Crippen LogP contribution in [0.25, 0.3) is 6.08 Å². The summed E-state index contributed by atoms with van der Waals surface area (Å²) in [5.74, 6) is -1.11. The van der Waals surface area contributed by atoms with Gasteiger partial charge in [0.2, 0.25) is 0 Å². The molecule has 0 atom stereocenters. The van der Waals surface area contributed by atoms with Crippen LogP contribution in [0.15, 0.2) is 84.4 Å². The largest absolute Gasteiger partial charge is 0.545 e. The number of ether oxygens (including phenoxy) is 1. The Kier molecular flexibility index (Phi) is 7.17. The van der Waals surface area contributed by atoms with Gasteiger partial charge in [-0.3, -0.25) is 4.79 Å². The summed E-state index contributed by atoms with van der Waals surface area (Å²) in [7, 11) is 0. The van der Waals surface area contributed by atoms with E-state index in [2.05, 4.69) is 5.32 Å². The molecule has 0 fully saturated rings. The van der Waals surface area contributed by atoms with Crippen LogP contribution in [0.5, 0.6) is 5.75 Å². The number of hydrogen-bond acceptors (Lipinski definition) is 5. The molecule has 0 radical (unpaired) electrons. The molecule has 154 valence electrons. The summed E-state index contributed by atoms with van der Waals surface area (Å²) >= 11 is 0. The number of carbonyl (C=O) groups is 2. The highest BCUT2D eigenvalue weighted by molar-refractivity contribution is 6.01. The molecule has 1 amide bonds. The number of carbonyl (C=O) groups excluding carboxylic acids is 2. The monoisotopic (exact) mass is 411 g/mol. The number of amides is 1. The van der Waals surface area contributed by atoms with Crippen LogP contribution in [0.1, 0.15) is 27.0 Å². The molecule has 3 aromatic rings. The number of rotatable bonds is 8. The molecule has 0 aliphatic rings. The van der Waals surface area contributed by atoms with Gasteiger partial charge in [-0.25, -0.2) is 0 Å². The molecule has 0 aromatic heterocycles. The van der Waals surface area contributed by atoms with E-state index in [0.717, 1.165) is 5.56 Å². The Bertz CT molecular complexity index is 1130. The van der Waals surface area contributed by atoms with Gasteiger partial charge in [-0.1, -0.05) is 60.7 Å². The molecule has 31 heavy (non-hydrogen) atoms. The van der Waals surface area contributed by atoms with Crippen molar-refractivity contribution in [3.63, 3.8) is 0 Å². The average Bonchev–Trinajstić information content (AvgIpc) is 2.81. The molecule has 0 saturated carbocycles. The second-order valence-corrected chi connectivity index (χ2v) is 6.68. The maximum absolute atomic E-state index is 12.3. The van der Waals surface area contributed by atoms with Crippen molar-refractivity contribution in [2.45, 2.75) is 13.2 Å². The van der Waals surface area contributed by atoms with Crippen LogP contribution in [0.4, 0.5) is 0 Å². The number of hydrogen-bond donors (Lipinski definition) is 1. The highest BCUT2D eigenvalue weighted by atomic mass is 16.5. The van der Waals surface area contributed by atoms with Crippen molar-refractivity contribution < 1.29 is 19.4 Å². The van der Waals surface area contributed by atoms with Gasteiger partial charge in [-0.15, -0.1) is 0 Å². The fourth-order valence-electron chi connectivity index (χ4n) is 2.80. The molecule has 6 nitrogen and oxygen atoms in total. The van der Waals surface area contributed by atoms with Crippen molar-refractivity contribution in [2.75, 3.05) is 0 Å². The Balaban J connectivity index is 1.59. The van der Waals surface area contributed by atoms with Crippen LogP contribution < -0.4 is 15.2 Å². The molecule has 1 N–H and O–H groups in total. The number of nitriles is 1. The summed E-state index contributed by atoms with van der Waals surface area (Å²) in [6.07, 6.45) is 1.51. The normalized spacial score (nSPS) is 10.7. The van der Waals surface area contributed by atoms with Gasteiger partial charge in [0.1, 0.15) is 24.0 Å². The molecule has 3 rings (SSSR count). The SMILES string of the molecule is N#C/C(=C\c1ccc(OCc2cccc(C(=O)[O-])c2)cc1)C(=O)NCc1ccccc1. The molecule has 0 spiro atoms. The third kappa shape index (κ3) is 6.31. The molecular formula is C25H19N2O4-. The summed E-state index contributed by atoms with van der Waals surface area (Å²) in [4.78, 5) is 23.2. The number of aromatic carboxylic acids is 1. The minimum Gasteiger partial charge on any atom is -0.545 e. The van der Waals surface area contributed by atoms with Crippen molar-refractivity contribution in [2.24, 2.45) is 0 Å². The number of carboxylic acid groups (broad SMARTS) is 1. The molecule has 0 bridgehead atoms. The van der Waals surface area contributed by atoms with Crippen LogP contribution in [0, 0.1) is 11.3 Å². The van der Waals surface area contributed by atoms with Gasteiger partial charge in [0.15, 0.2) is 0 Å². The van der Waals surface area contributed by atoms with E-state index in [1.807, 2.05) is 36.4 Å². The number of benzene rings is 3. The van der Waals surface area contributed by atoms with E-state index in [9.17, 15) is 20.0 Å². The third-order valence-electron chi connectivity index (χ3n) is 4.42. The molecule has 6 heteroatoms. The first kappa shape index (κ1) is 21.3. The van der Waals surface area contributed by atoms with Crippen LogP contribution >= 0.6 is 0 Å². The Hall–Kier alpha value is -4.37. The first-order valence-corrected chi connectivity index (χ1v) is 9.52. The highest BCUT2D eigenvalue weighted by Gasteiger charge is 2.09. The maximum Gasteiger partial charge on any atom is 0.262 e. The minimum absolute atomic E-state index is 0.00342. The van der Waals surface area contributed by atoms with Crippen LogP contribution in [0.2, 0.25) is 0 Å². The van der Waals surface area contributed by atoms with Gasteiger partial charge in [0.05, 0.1) is 5.97 Å². The lowest BCUT2D eigenvalue weighted by molar-refractivity contribution is -0.255. The third-order valence-corrected chi connectivity index (χ3v) is 4.42. The predicted octanol–water partition coefficient (Wildman–Crippen LogP) is 2.85. The van der Waals surface area contributed by atoms with Crippen molar-refractivity contribution in [1.82, 2.24) is 5.32 Å². The standard InChI is InChI=1S/C25H20N2O4/c26-15-22(24(28)27-16-19-5-2-1-3-6-19)13-18-9-11-23(12-10-18)31-17-20-7-4-8-21(14-20)25(29)30/h1-14H,16-17H2,(H,27,28)(H,29,30)/p-1/b22-13+. The van der Waals surface area contributed by atoms with E-state index in [4.69, 9.17) is 4.74 Å². The lowest BCUT2D eigenvalue weighted by Crippen LogP contribution is -2.23. The first-order chi connectivity index (χ1) is 15.0. The molecule has 0 aliphatic heterocycles. The predicted molar refractivity (Wildman–Crippen MR) is 113 cm³/mol. The van der Waals surface area contributed by atoms with E-state index in [1.54, 1.807) is 36.4 Å². The van der Waals surface area contributed by atoms with Gasteiger partial charge >= 0.3 is 0 Å². The highest BCUT2D eigenvalue weighted by Crippen LogP contribution is 2.17. The maximum atomic E-state index is 12.3. The zero-order valence-corrected chi connectivity index (χ0v) is 16.6. The number of carboxylic acids is 1. The van der Waals surface area contributed by atoms with E-state index < -0.39 is 11.9 Å². The van der Waals surface area contributed by atoms with Crippen molar-refractivity contribution in [3.8, 4) is 11.8 Å². The molecule has 0 unspecified atom stereocenters. The molecule has 0 aliphatic carbocycles. The fraction of sp³-hybridized carbons (Fsp3) is 0.0800. The molecular weight excluding hydrogens is 392 g/mol. The molecule has 0 heterocycles. The Morgan fingerprint density at radius 3 is 2.35 bits per heavy atom. The Morgan fingerprint density at radius 2 is 1.68 bits per heavy atom. The van der Waals surface area contributed by atoms with Crippen molar-refractivity contribution in [1.29, 1.82) is 5.26 Å². The number of nitrogens with one attached hydrogen (secondary N) is 1. The lowest BCUT2D eigenvalue weighted by Gasteiger charge is -2.09. The first-order valence-electron chi connectivity index (χ1n) is 9.52. The van der Waals surface area contributed by atoms with Crippen molar-refractivity contribution >= 4 is 18.0 Å². The van der Waals surface area contributed by atoms with Gasteiger partial charge in [0.25, 0.3) is 5.91 Å². The van der Waals surface area contributed by atoms with Crippen molar-refractivity contribution in [3.05, 3.63) is 107 Å². The second-order valence-electron chi connectivity index (χ2n) is 6.68. The second kappa shape index (κ2) is 10.4. The van der Waals surface area contributed by atoms with Gasteiger partial charge in [-0.05, 0) is 46.5 Å². The Morgan fingerprint density at radius 1 is 0.968 bits per heavy atom. The smallest absolute Gasteiger partial charge is 0.262 e. The fourth-order valence-corrected chi connectivity index (χ4v) is 2.80. The zero-order valence-electron chi connectivity index (χ0n) is 16.6. The zero-order chi connectivity index (χ0) is 22.1. The van der Waals surface area contributed by atoms with E-state index >= 15 is 0 Å². The summed E-state index contributed by atoms with van der Waals surface area (Å²) < 4.78 is 5.67. The molecule has 0 saturated heterocycles. The van der Waals surface area contributed by atoms with Gasteiger partial charge in [0, 0.05) is 6.54 Å².